The van der Waals surface area contributed by atoms with Gasteiger partial charge in [-0.3, -0.25) is 0 Å². The third-order valence-corrected chi connectivity index (χ3v) is 5.90. The summed E-state index contributed by atoms with van der Waals surface area (Å²) in [7, 11) is 0. The molecule has 154 valence electrons. The van der Waals surface area contributed by atoms with Gasteiger partial charge in [-0.2, -0.15) is 13.2 Å². The van der Waals surface area contributed by atoms with Crippen molar-refractivity contribution in [2.75, 3.05) is 10.6 Å². The van der Waals surface area contributed by atoms with Crippen LogP contribution >= 0.6 is 33.9 Å². The average molecular weight is 542 g/mol. The number of nitrogens with zero attached hydrogens (tertiary/aromatic N) is 4. The van der Waals surface area contributed by atoms with Crippen molar-refractivity contribution in [1.29, 1.82) is 0 Å². The van der Waals surface area contributed by atoms with Crippen molar-refractivity contribution < 1.29 is 13.2 Å². The number of anilines is 4. The zero-order chi connectivity index (χ0) is 21.5. The topological polar surface area (TPSA) is 75.6 Å². The van der Waals surface area contributed by atoms with Crippen LogP contribution in [-0.2, 0) is 6.18 Å². The van der Waals surface area contributed by atoms with Crippen molar-refractivity contribution in [2.45, 2.75) is 20.0 Å². The third kappa shape index (κ3) is 4.31. The van der Waals surface area contributed by atoms with Crippen LogP contribution in [0.2, 0.25) is 0 Å². The van der Waals surface area contributed by atoms with Gasteiger partial charge in [0.1, 0.15) is 17.0 Å². The second-order valence-electron chi connectivity index (χ2n) is 6.40. The smallest absolute Gasteiger partial charge is 0.337 e. The third-order valence-electron chi connectivity index (χ3n) is 4.14. The number of halogens is 4. The van der Waals surface area contributed by atoms with E-state index in [9.17, 15) is 13.2 Å². The van der Waals surface area contributed by atoms with E-state index in [1.54, 1.807) is 6.92 Å². The number of nitrogens with one attached hydrogen (secondary N) is 2. The highest BCUT2D eigenvalue weighted by Crippen LogP contribution is 2.34. The van der Waals surface area contributed by atoms with E-state index in [-0.39, 0.29) is 0 Å². The molecule has 0 aliphatic heterocycles. The SMILES string of the molecule is Cc1nc(Nc2ccc(C(F)(F)F)nc2)c2nc(Nc3c(C)cccc3I)sc2n1. The Bertz CT molecular complexity index is 1200. The Morgan fingerprint density at radius 3 is 2.47 bits per heavy atom. The van der Waals surface area contributed by atoms with Crippen molar-refractivity contribution >= 4 is 66.6 Å². The number of alkyl halides is 3. The lowest BCUT2D eigenvalue weighted by Gasteiger charge is -2.09. The maximum absolute atomic E-state index is 12.7. The van der Waals surface area contributed by atoms with E-state index in [0.29, 0.717) is 32.8 Å². The standard InChI is InChI=1S/C19H14F3IN6S/c1-9-4-3-5-12(23)14(9)28-18-29-15-16(25-10(2)26-17(15)30-18)27-11-6-7-13(24-8-11)19(20,21)22/h3-8H,1-2H3,(H,28,29)(H,25,26,27). The lowest BCUT2D eigenvalue weighted by molar-refractivity contribution is -0.141. The van der Waals surface area contributed by atoms with Crippen LogP contribution in [-0.4, -0.2) is 19.9 Å². The Morgan fingerprint density at radius 1 is 1.00 bits per heavy atom. The van der Waals surface area contributed by atoms with E-state index in [1.165, 1.54) is 17.4 Å². The van der Waals surface area contributed by atoms with Gasteiger partial charge in [0.15, 0.2) is 15.8 Å². The van der Waals surface area contributed by atoms with Crippen LogP contribution in [0.15, 0.2) is 36.5 Å². The number of para-hydroxylation sites is 1. The summed E-state index contributed by atoms with van der Waals surface area (Å²) < 4.78 is 39.2. The number of fused-ring (bicyclic) bond motifs is 1. The molecule has 0 saturated carbocycles. The number of thiazole rings is 1. The molecule has 0 aliphatic carbocycles. The van der Waals surface area contributed by atoms with Crippen molar-refractivity contribution in [2.24, 2.45) is 0 Å². The molecule has 1 aromatic carbocycles. The first-order chi connectivity index (χ1) is 14.2. The largest absolute Gasteiger partial charge is 0.433 e. The minimum atomic E-state index is -4.49. The van der Waals surface area contributed by atoms with Gasteiger partial charge in [-0.1, -0.05) is 23.5 Å². The highest BCUT2D eigenvalue weighted by atomic mass is 127. The molecule has 0 unspecified atom stereocenters. The van der Waals surface area contributed by atoms with E-state index in [0.717, 1.165) is 27.1 Å². The van der Waals surface area contributed by atoms with Crippen LogP contribution in [0, 0.1) is 17.4 Å². The normalized spacial score (nSPS) is 11.7. The molecule has 0 spiro atoms. The van der Waals surface area contributed by atoms with Crippen molar-refractivity contribution in [3.8, 4) is 0 Å². The number of benzene rings is 1. The first-order valence-corrected chi connectivity index (χ1v) is 10.6. The maximum Gasteiger partial charge on any atom is 0.433 e. The van der Waals surface area contributed by atoms with Gasteiger partial charge >= 0.3 is 6.18 Å². The van der Waals surface area contributed by atoms with Gasteiger partial charge in [0.25, 0.3) is 0 Å². The molecule has 0 fully saturated rings. The highest BCUT2D eigenvalue weighted by Gasteiger charge is 2.32. The van der Waals surface area contributed by atoms with Crippen LogP contribution in [0.5, 0.6) is 0 Å². The van der Waals surface area contributed by atoms with E-state index in [4.69, 9.17) is 0 Å². The summed E-state index contributed by atoms with van der Waals surface area (Å²) in [5.41, 5.74) is 1.99. The molecule has 4 rings (SSSR count). The molecule has 3 heterocycles. The first-order valence-electron chi connectivity index (χ1n) is 8.68. The Balaban J connectivity index is 1.67. The first kappa shape index (κ1) is 20.7. The number of pyridine rings is 1. The van der Waals surface area contributed by atoms with E-state index < -0.39 is 11.9 Å². The molecular weight excluding hydrogens is 528 g/mol. The zero-order valence-corrected chi connectivity index (χ0v) is 18.6. The van der Waals surface area contributed by atoms with Crippen molar-refractivity contribution in [1.82, 2.24) is 19.9 Å². The number of hydrogen-bond acceptors (Lipinski definition) is 7. The van der Waals surface area contributed by atoms with E-state index in [2.05, 4.69) is 53.2 Å². The van der Waals surface area contributed by atoms with Crippen LogP contribution in [0.3, 0.4) is 0 Å². The fourth-order valence-corrected chi connectivity index (χ4v) is 4.40. The molecule has 3 aromatic heterocycles. The summed E-state index contributed by atoms with van der Waals surface area (Å²) in [6.45, 7) is 3.75. The highest BCUT2D eigenvalue weighted by molar-refractivity contribution is 14.1. The van der Waals surface area contributed by atoms with Gasteiger partial charge in [-0.25, -0.2) is 19.9 Å². The van der Waals surface area contributed by atoms with Crippen molar-refractivity contribution in [3.05, 3.63) is 57.2 Å². The van der Waals surface area contributed by atoms with Gasteiger partial charge in [-0.05, 0) is 60.2 Å². The fraction of sp³-hybridized carbons (Fsp3) is 0.158. The number of aryl methyl sites for hydroxylation is 2. The lowest BCUT2D eigenvalue weighted by atomic mass is 10.2. The van der Waals surface area contributed by atoms with Crippen LogP contribution in [0.25, 0.3) is 10.3 Å². The number of rotatable bonds is 4. The van der Waals surface area contributed by atoms with E-state index in [1.807, 2.05) is 25.1 Å². The quantitative estimate of drug-likeness (QED) is 0.299. The van der Waals surface area contributed by atoms with Gasteiger partial charge < -0.3 is 10.6 Å². The molecule has 4 aromatic rings. The summed E-state index contributed by atoms with van der Waals surface area (Å²) >= 11 is 3.63. The van der Waals surface area contributed by atoms with Gasteiger partial charge in [-0.15, -0.1) is 0 Å². The Kier molecular flexibility index (Phi) is 5.49. The molecule has 0 aliphatic rings. The predicted molar refractivity (Wildman–Crippen MR) is 120 cm³/mol. The zero-order valence-electron chi connectivity index (χ0n) is 15.7. The summed E-state index contributed by atoms with van der Waals surface area (Å²) in [5, 5.41) is 6.98. The molecule has 0 amide bonds. The predicted octanol–water partition coefficient (Wildman–Crippen LogP) is 6.21. The van der Waals surface area contributed by atoms with Gasteiger partial charge in [0, 0.05) is 3.57 Å². The molecule has 0 bridgehead atoms. The molecule has 2 N–H and O–H groups in total. The summed E-state index contributed by atoms with van der Waals surface area (Å²) in [4.78, 5) is 17.5. The molecule has 0 atom stereocenters. The van der Waals surface area contributed by atoms with Crippen LogP contribution in [0.4, 0.5) is 35.5 Å². The van der Waals surface area contributed by atoms with E-state index >= 15 is 0 Å². The molecule has 6 nitrogen and oxygen atoms in total. The summed E-state index contributed by atoms with van der Waals surface area (Å²) in [6.07, 6.45) is -3.37. The van der Waals surface area contributed by atoms with Crippen LogP contribution in [0.1, 0.15) is 17.1 Å². The van der Waals surface area contributed by atoms with Gasteiger partial charge in [0.2, 0.25) is 0 Å². The number of aromatic nitrogens is 4. The molecule has 0 saturated heterocycles. The molecular formula is C19H14F3IN6S. The molecule has 11 heteroatoms. The molecule has 30 heavy (non-hydrogen) atoms. The Labute approximate surface area is 187 Å². The Morgan fingerprint density at radius 2 is 1.80 bits per heavy atom. The lowest BCUT2D eigenvalue weighted by Crippen LogP contribution is -2.07. The minimum Gasteiger partial charge on any atom is -0.337 e. The second kappa shape index (κ2) is 7.95. The fourth-order valence-electron chi connectivity index (χ4n) is 2.74. The number of hydrogen-bond donors (Lipinski definition) is 2. The summed E-state index contributed by atoms with van der Waals surface area (Å²) in [5.74, 6) is 0.924. The van der Waals surface area contributed by atoms with Gasteiger partial charge in [0.05, 0.1) is 17.6 Å². The summed E-state index contributed by atoms with van der Waals surface area (Å²) in [6, 6.07) is 8.21. The minimum absolute atomic E-state index is 0.373. The maximum atomic E-state index is 12.7. The van der Waals surface area contributed by atoms with Crippen molar-refractivity contribution in [3.63, 3.8) is 0 Å². The average Bonchev–Trinajstić information content (AvgIpc) is 3.07. The molecule has 0 radical (unpaired) electrons. The van der Waals surface area contributed by atoms with Crippen LogP contribution < -0.4 is 10.6 Å². The second-order valence-corrected chi connectivity index (χ2v) is 8.54. The Hall–Kier alpha value is -2.54. The monoisotopic (exact) mass is 542 g/mol.